The second-order valence-electron chi connectivity index (χ2n) is 13.9. The molecular formula is C38H44N8O6S. The minimum absolute atomic E-state index is 0.0186. The predicted octanol–water partition coefficient (Wildman–Crippen LogP) is 4.55. The van der Waals surface area contributed by atoms with Gasteiger partial charge in [-0.1, -0.05) is 31.7 Å². The topological polar surface area (TPSA) is 175 Å². The number of benzene rings is 2. The van der Waals surface area contributed by atoms with Gasteiger partial charge in [0.15, 0.2) is 6.10 Å². The maximum atomic E-state index is 13.3. The largest absolute Gasteiger partial charge is 0.480 e. The predicted molar refractivity (Wildman–Crippen MR) is 198 cm³/mol. The molecule has 1 amide bonds. The first-order chi connectivity index (χ1) is 25.6. The summed E-state index contributed by atoms with van der Waals surface area (Å²) < 4.78 is 39.8. The molecule has 1 aliphatic heterocycles. The van der Waals surface area contributed by atoms with Crippen molar-refractivity contribution >= 4 is 21.6 Å². The summed E-state index contributed by atoms with van der Waals surface area (Å²) in [5, 5.41) is 21.5. The number of hydrogen-bond donors (Lipinski definition) is 3. The Morgan fingerprint density at radius 3 is 2.45 bits per heavy atom. The van der Waals surface area contributed by atoms with Crippen LogP contribution in [-0.2, 0) is 27.8 Å². The Balaban J connectivity index is 0.913. The van der Waals surface area contributed by atoms with Crippen molar-refractivity contribution in [2.45, 2.75) is 88.9 Å². The number of amides is 1. The molecule has 0 saturated heterocycles. The van der Waals surface area contributed by atoms with Crippen molar-refractivity contribution in [3.63, 3.8) is 0 Å². The van der Waals surface area contributed by atoms with Gasteiger partial charge in [0, 0.05) is 41.9 Å². The zero-order valence-corrected chi connectivity index (χ0v) is 30.6. The third-order valence-corrected chi connectivity index (χ3v) is 11.5. The third-order valence-electron chi connectivity index (χ3n) is 10.2. The summed E-state index contributed by atoms with van der Waals surface area (Å²) in [5.74, 6) is 1.54. The number of tetrazole rings is 1. The molecule has 53 heavy (non-hydrogen) atoms. The molecule has 7 rings (SSSR count). The molecule has 5 aromatic rings. The number of pyridine rings is 1. The van der Waals surface area contributed by atoms with E-state index in [1.54, 1.807) is 48.7 Å². The van der Waals surface area contributed by atoms with Crippen LogP contribution in [0.4, 0.5) is 5.69 Å². The van der Waals surface area contributed by atoms with Crippen LogP contribution in [0.3, 0.4) is 0 Å². The molecule has 0 unspecified atom stereocenters. The number of carbonyl (C=O) groups is 1. The van der Waals surface area contributed by atoms with Crippen molar-refractivity contribution in [2.24, 2.45) is 5.92 Å². The molecule has 0 spiro atoms. The number of aliphatic hydroxyl groups is 1. The number of ether oxygens (including phenoxy) is 1. The number of anilines is 1. The number of hydrogen-bond acceptors (Lipinski definition) is 9. The fourth-order valence-corrected chi connectivity index (χ4v) is 8.30. The van der Waals surface area contributed by atoms with Crippen molar-refractivity contribution in [3.05, 3.63) is 106 Å². The van der Waals surface area contributed by atoms with Crippen molar-refractivity contribution in [3.8, 4) is 17.3 Å². The molecule has 4 heterocycles. The van der Waals surface area contributed by atoms with Gasteiger partial charge in [-0.05, 0) is 122 Å². The molecule has 14 nitrogen and oxygen atoms in total. The zero-order valence-electron chi connectivity index (χ0n) is 29.8. The quantitative estimate of drug-likeness (QED) is 0.157. The lowest BCUT2D eigenvalue weighted by Gasteiger charge is -2.26. The van der Waals surface area contributed by atoms with Crippen molar-refractivity contribution in [1.82, 2.24) is 34.7 Å². The standard InChI is InChI=1S/C38H44N8O6S/c1-25-9-10-26(2)45(25)36-20-12-29(23-39-36)33(47)24-40-37(48)35-18-11-28-22-32(17-19-34(28)52-35)53(50,51)41-30-13-15-31(16-14-30)46-38(49)44(42-43-46)21-5-8-27-6-3-4-7-27/h9-10,12-17,19-20,22-23,27,33,35,41,47H,3-8,11,18,21,24H2,1-2H3,(H,40,48)/t33-,35-/m0/s1. The molecule has 3 aromatic heterocycles. The van der Waals surface area contributed by atoms with Crippen molar-refractivity contribution < 1.29 is 23.1 Å². The highest BCUT2D eigenvalue weighted by Crippen LogP contribution is 2.31. The molecule has 278 valence electrons. The molecular weight excluding hydrogens is 697 g/mol. The van der Waals surface area contributed by atoms with E-state index in [2.05, 4.69) is 25.4 Å². The average Bonchev–Trinajstić information content (AvgIpc) is 3.90. The normalized spacial score (nSPS) is 16.5. The first kappa shape index (κ1) is 36.1. The Kier molecular flexibility index (Phi) is 10.5. The summed E-state index contributed by atoms with van der Waals surface area (Å²) in [5.41, 5.74) is 3.80. The fraction of sp³-hybridized carbons (Fsp3) is 0.395. The van der Waals surface area contributed by atoms with Crippen molar-refractivity contribution in [1.29, 1.82) is 0 Å². The van der Waals surface area contributed by atoms with E-state index in [1.807, 2.05) is 36.6 Å². The number of aliphatic hydroxyl groups excluding tert-OH is 1. The molecule has 1 aliphatic carbocycles. The van der Waals surface area contributed by atoms with Gasteiger partial charge in [0.25, 0.3) is 15.9 Å². The van der Waals surface area contributed by atoms with Crippen LogP contribution in [0.2, 0.25) is 0 Å². The third kappa shape index (κ3) is 8.05. The number of rotatable bonds is 13. The molecule has 2 atom stereocenters. The van der Waals surface area contributed by atoms with Crippen LogP contribution in [0.5, 0.6) is 5.75 Å². The van der Waals surface area contributed by atoms with Gasteiger partial charge in [0.2, 0.25) is 0 Å². The minimum Gasteiger partial charge on any atom is -0.480 e. The summed E-state index contributed by atoms with van der Waals surface area (Å²) in [6.45, 7) is 4.49. The summed E-state index contributed by atoms with van der Waals surface area (Å²) >= 11 is 0. The van der Waals surface area contributed by atoms with Crippen molar-refractivity contribution in [2.75, 3.05) is 11.3 Å². The van der Waals surface area contributed by atoms with E-state index in [0.717, 1.165) is 36.0 Å². The highest BCUT2D eigenvalue weighted by atomic mass is 32.2. The number of nitrogens with one attached hydrogen (secondary N) is 2. The Bertz CT molecular complexity index is 2220. The van der Waals surface area contributed by atoms with Crippen LogP contribution in [0.25, 0.3) is 11.5 Å². The Morgan fingerprint density at radius 1 is 0.981 bits per heavy atom. The lowest BCUT2D eigenvalue weighted by Crippen LogP contribution is -2.42. The summed E-state index contributed by atoms with van der Waals surface area (Å²) in [4.78, 5) is 30.4. The van der Waals surface area contributed by atoms with E-state index in [1.165, 1.54) is 41.1 Å². The van der Waals surface area contributed by atoms with Gasteiger partial charge in [0.05, 0.1) is 16.7 Å². The molecule has 2 aliphatic rings. The Hall–Kier alpha value is -5.28. The maximum Gasteiger partial charge on any atom is 0.368 e. The van der Waals surface area contributed by atoms with Crippen LogP contribution in [-0.4, -0.2) is 61.4 Å². The van der Waals surface area contributed by atoms with Gasteiger partial charge < -0.3 is 19.7 Å². The highest BCUT2D eigenvalue weighted by Gasteiger charge is 2.28. The molecule has 0 radical (unpaired) electrons. The number of aromatic nitrogens is 6. The Labute approximate surface area is 307 Å². The molecule has 1 saturated carbocycles. The average molecular weight is 741 g/mol. The molecule has 0 bridgehead atoms. The van der Waals surface area contributed by atoms with Gasteiger partial charge >= 0.3 is 5.69 Å². The van der Waals surface area contributed by atoms with E-state index >= 15 is 0 Å². The van der Waals surface area contributed by atoms with Gasteiger partial charge in [-0.2, -0.15) is 9.36 Å². The second kappa shape index (κ2) is 15.4. The van der Waals surface area contributed by atoms with E-state index in [4.69, 9.17) is 4.74 Å². The van der Waals surface area contributed by atoms with E-state index in [-0.39, 0.29) is 23.0 Å². The lowest BCUT2D eigenvalue weighted by atomic mass is 10.0. The summed E-state index contributed by atoms with van der Waals surface area (Å²) in [7, 11) is -3.96. The number of sulfonamides is 1. The van der Waals surface area contributed by atoms with Gasteiger partial charge in [0.1, 0.15) is 11.6 Å². The van der Waals surface area contributed by atoms with Gasteiger partial charge in [-0.25, -0.2) is 18.2 Å². The van der Waals surface area contributed by atoms with Crippen LogP contribution in [0, 0.1) is 19.8 Å². The number of nitrogens with zero attached hydrogens (tertiary/aromatic N) is 6. The van der Waals surface area contributed by atoms with Gasteiger partial charge in [-0.3, -0.25) is 9.52 Å². The Morgan fingerprint density at radius 2 is 1.74 bits per heavy atom. The number of fused-ring (bicyclic) bond motifs is 1. The van der Waals surface area contributed by atoms with E-state index in [0.29, 0.717) is 47.6 Å². The van der Waals surface area contributed by atoms with Crippen LogP contribution < -0.4 is 20.5 Å². The second-order valence-corrected chi connectivity index (χ2v) is 15.6. The van der Waals surface area contributed by atoms with E-state index < -0.39 is 22.2 Å². The highest BCUT2D eigenvalue weighted by molar-refractivity contribution is 7.92. The molecule has 2 aromatic carbocycles. The number of aryl methyl sites for hydroxylation is 4. The van der Waals surface area contributed by atoms with E-state index in [9.17, 15) is 23.1 Å². The first-order valence-electron chi connectivity index (χ1n) is 18.1. The first-order valence-corrected chi connectivity index (χ1v) is 19.6. The minimum atomic E-state index is -3.96. The monoisotopic (exact) mass is 740 g/mol. The lowest BCUT2D eigenvalue weighted by molar-refractivity contribution is -0.129. The fourth-order valence-electron chi connectivity index (χ4n) is 7.19. The van der Waals surface area contributed by atoms with Crippen LogP contribution >= 0.6 is 0 Å². The maximum absolute atomic E-state index is 13.3. The van der Waals surface area contributed by atoms with Gasteiger partial charge in [-0.15, -0.1) is 0 Å². The molecule has 3 N–H and O–H groups in total. The van der Waals surface area contributed by atoms with Crippen LogP contribution in [0.1, 0.15) is 73.6 Å². The number of carbonyl (C=O) groups excluding carboxylic acids is 1. The zero-order chi connectivity index (χ0) is 37.1. The molecule has 1 fully saturated rings. The SMILES string of the molecule is Cc1ccc(C)n1-c1ccc([C@@H](O)CNC(=O)[C@@H]2CCc3cc(S(=O)(=O)Nc4ccc(-n5nnn(CCCC6CCCC6)c5=O)cc4)ccc3O2)cn1. The molecule has 15 heteroatoms. The smallest absolute Gasteiger partial charge is 0.368 e. The summed E-state index contributed by atoms with van der Waals surface area (Å²) in [6.07, 6.45) is 7.67. The van der Waals surface area contributed by atoms with Crippen LogP contribution in [0.15, 0.2) is 82.6 Å². The summed E-state index contributed by atoms with van der Waals surface area (Å²) in [6, 6.07) is 18.5.